The summed E-state index contributed by atoms with van der Waals surface area (Å²) >= 11 is 4.74. The highest BCUT2D eigenvalue weighted by Gasteiger charge is 2.13. The zero-order chi connectivity index (χ0) is 19.8. The Morgan fingerprint density at radius 1 is 1.07 bits per heavy atom. The van der Waals surface area contributed by atoms with Crippen molar-refractivity contribution in [2.75, 3.05) is 12.9 Å². The number of benzene rings is 2. The zero-order valence-electron chi connectivity index (χ0n) is 15.2. The average Bonchev–Trinajstić information content (AvgIpc) is 2.65. The molecule has 0 spiro atoms. The molecule has 2 aromatic rings. The number of methoxy groups -OCH3 is 1. The summed E-state index contributed by atoms with van der Waals surface area (Å²) < 4.78 is 11.9. The maximum Gasteiger partial charge on any atom is 0.269 e. The molecule has 0 atom stereocenters. The molecule has 8 heteroatoms. The van der Waals surface area contributed by atoms with Crippen molar-refractivity contribution in [3.8, 4) is 11.5 Å². The third-order valence-electron chi connectivity index (χ3n) is 3.29. The highest BCUT2D eigenvalue weighted by atomic mass is 79.9. The molecule has 0 fully saturated rings. The molecule has 0 unspecified atom stereocenters. The van der Waals surface area contributed by atoms with E-state index in [0.29, 0.717) is 17.1 Å². The first-order valence-corrected chi connectivity index (χ1v) is 9.99. The molecule has 6 nitrogen and oxygen atoms in total. The summed E-state index contributed by atoms with van der Waals surface area (Å²) in [6.07, 6.45) is -0.0129. The minimum absolute atomic E-state index is 0.0129. The Morgan fingerprint density at radius 3 is 2.41 bits per heavy atom. The molecule has 0 aliphatic carbocycles. The van der Waals surface area contributed by atoms with Gasteiger partial charge in [-0.1, -0.05) is 15.9 Å². The molecule has 2 aromatic carbocycles. The lowest BCUT2D eigenvalue weighted by atomic mass is 10.2. The van der Waals surface area contributed by atoms with E-state index in [-0.39, 0.29) is 17.8 Å². The van der Waals surface area contributed by atoms with Crippen LogP contribution in [0.15, 0.2) is 51.8 Å². The van der Waals surface area contributed by atoms with E-state index in [1.54, 1.807) is 18.2 Å². The summed E-state index contributed by atoms with van der Waals surface area (Å²) in [7, 11) is 1.51. The lowest BCUT2D eigenvalue weighted by Crippen LogP contribution is -2.42. The Kier molecular flexibility index (Phi) is 7.99. The van der Waals surface area contributed by atoms with E-state index in [0.717, 1.165) is 9.37 Å². The summed E-state index contributed by atoms with van der Waals surface area (Å²) in [5.41, 5.74) is 5.16. The number of hydrogen-bond acceptors (Lipinski definition) is 5. The number of thioether (sulfide) groups is 1. The summed E-state index contributed by atoms with van der Waals surface area (Å²) in [4.78, 5) is 25.1. The van der Waals surface area contributed by atoms with Crippen molar-refractivity contribution in [2.45, 2.75) is 24.8 Å². The van der Waals surface area contributed by atoms with Gasteiger partial charge >= 0.3 is 0 Å². The monoisotopic (exact) mass is 452 g/mol. The smallest absolute Gasteiger partial charge is 0.269 e. The van der Waals surface area contributed by atoms with E-state index < -0.39 is 5.91 Å². The van der Waals surface area contributed by atoms with E-state index >= 15 is 0 Å². The van der Waals surface area contributed by atoms with Gasteiger partial charge in [0.1, 0.15) is 0 Å². The van der Waals surface area contributed by atoms with Gasteiger partial charge in [0.05, 0.1) is 19.0 Å². The van der Waals surface area contributed by atoms with Crippen LogP contribution in [0.5, 0.6) is 11.5 Å². The molecule has 2 N–H and O–H groups in total. The number of amides is 2. The fraction of sp³-hybridized carbons (Fsp3) is 0.263. The van der Waals surface area contributed by atoms with E-state index in [1.165, 1.54) is 18.9 Å². The number of nitrogens with one attached hydrogen (secondary N) is 2. The molecular formula is C19H21BrN2O4S. The predicted octanol–water partition coefficient (Wildman–Crippen LogP) is 3.80. The molecule has 0 aliphatic heterocycles. The third-order valence-corrected chi connectivity index (χ3v) is 4.83. The molecule has 0 bridgehead atoms. The molecule has 0 saturated carbocycles. The SMILES string of the molecule is COc1cc(C(=O)NNC(=O)CSc2ccc(Br)cc2)ccc1OC(C)C. The van der Waals surface area contributed by atoms with Crippen molar-refractivity contribution in [1.82, 2.24) is 10.9 Å². The molecule has 0 aromatic heterocycles. The number of halogens is 1. The maximum absolute atomic E-state index is 12.2. The van der Waals surface area contributed by atoms with Crippen LogP contribution in [-0.2, 0) is 4.79 Å². The van der Waals surface area contributed by atoms with Gasteiger partial charge in [-0.15, -0.1) is 11.8 Å². The standard InChI is InChI=1S/C19H21BrN2O4S/c1-12(2)26-16-9-4-13(10-17(16)25-3)19(24)22-21-18(23)11-27-15-7-5-14(20)6-8-15/h4-10,12H,11H2,1-3H3,(H,21,23)(H,22,24). The molecule has 0 aliphatic rings. The van der Waals surface area contributed by atoms with Crippen molar-refractivity contribution in [2.24, 2.45) is 0 Å². The van der Waals surface area contributed by atoms with Crippen molar-refractivity contribution in [3.05, 3.63) is 52.5 Å². The van der Waals surface area contributed by atoms with Crippen molar-refractivity contribution in [1.29, 1.82) is 0 Å². The van der Waals surface area contributed by atoms with Crippen molar-refractivity contribution < 1.29 is 19.1 Å². The van der Waals surface area contributed by atoms with E-state index in [4.69, 9.17) is 9.47 Å². The Labute approximate surface area is 171 Å². The van der Waals surface area contributed by atoms with Crippen LogP contribution in [0.2, 0.25) is 0 Å². The molecule has 2 amide bonds. The van der Waals surface area contributed by atoms with Crippen LogP contribution in [0.1, 0.15) is 24.2 Å². The summed E-state index contributed by atoms with van der Waals surface area (Å²) in [6.45, 7) is 3.81. The van der Waals surface area contributed by atoms with Crippen LogP contribution in [0.4, 0.5) is 0 Å². The number of ether oxygens (including phenoxy) is 2. The fourth-order valence-corrected chi connectivity index (χ4v) is 3.04. The highest BCUT2D eigenvalue weighted by molar-refractivity contribution is 9.10. The van der Waals surface area contributed by atoms with Crippen molar-refractivity contribution in [3.63, 3.8) is 0 Å². The maximum atomic E-state index is 12.2. The van der Waals surface area contributed by atoms with Crippen LogP contribution in [0, 0.1) is 0 Å². The first-order valence-electron chi connectivity index (χ1n) is 8.21. The Bertz CT molecular complexity index is 797. The predicted molar refractivity (Wildman–Crippen MR) is 109 cm³/mol. The molecule has 27 heavy (non-hydrogen) atoms. The Morgan fingerprint density at radius 2 is 1.78 bits per heavy atom. The third kappa shape index (κ3) is 6.80. The van der Waals surface area contributed by atoms with Crippen molar-refractivity contribution >= 4 is 39.5 Å². The second-order valence-corrected chi connectivity index (χ2v) is 7.74. The second kappa shape index (κ2) is 10.2. The fourth-order valence-electron chi connectivity index (χ4n) is 2.07. The molecule has 0 heterocycles. The topological polar surface area (TPSA) is 76.7 Å². The molecule has 0 radical (unpaired) electrons. The summed E-state index contributed by atoms with van der Waals surface area (Å²) in [5, 5.41) is 0. The van der Waals surface area contributed by atoms with Gasteiger partial charge < -0.3 is 9.47 Å². The van der Waals surface area contributed by atoms with Gasteiger partial charge in [0.15, 0.2) is 11.5 Å². The highest BCUT2D eigenvalue weighted by Crippen LogP contribution is 2.28. The largest absolute Gasteiger partial charge is 0.493 e. The summed E-state index contributed by atoms with van der Waals surface area (Å²) in [5.74, 6) is 0.452. The molecular weight excluding hydrogens is 432 g/mol. The Balaban J connectivity index is 1.87. The van der Waals surface area contributed by atoms with Crippen LogP contribution >= 0.6 is 27.7 Å². The Hall–Kier alpha value is -2.19. The van der Waals surface area contributed by atoms with Gasteiger partial charge in [-0.25, -0.2) is 0 Å². The van der Waals surface area contributed by atoms with Gasteiger partial charge in [0.2, 0.25) is 5.91 Å². The second-order valence-electron chi connectivity index (χ2n) is 5.78. The van der Waals surface area contributed by atoms with Gasteiger partial charge in [-0.3, -0.25) is 20.4 Å². The van der Waals surface area contributed by atoms with Gasteiger partial charge in [0.25, 0.3) is 5.91 Å². The molecule has 0 saturated heterocycles. The molecule has 2 rings (SSSR count). The van der Waals surface area contributed by atoms with E-state index in [1.807, 2.05) is 38.1 Å². The lowest BCUT2D eigenvalue weighted by molar-refractivity contribution is -0.119. The first-order chi connectivity index (χ1) is 12.9. The number of carbonyl (C=O) groups is 2. The summed E-state index contributed by atoms with van der Waals surface area (Å²) in [6, 6.07) is 12.5. The number of hydrazine groups is 1. The van der Waals surface area contributed by atoms with E-state index in [9.17, 15) is 9.59 Å². The number of carbonyl (C=O) groups excluding carboxylic acids is 2. The minimum Gasteiger partial charge on any atom is -0.493 e. The normalized spacial score (nSPS) is 10.4. The van der Waals surface area contributed by atoms with Crippen LogP contribution < -0.4 is 20.3 Å². The molecule has 144 valence electrons. The zero-order valence-corrected chi connectivity index (χ0v) is 17.6. The quantitative estimate of drug-likeness (QED) is 0.493. The average molecular weight is 453 g/mol. The van der Waals surface area contributed by atoms with Crippen LogP contribution in [0.25, 0.3) is 0 Å². The number of rotatable bonds is 7. The van der Waals surface area contributed by atoms with E-state index in [2.05, 4.69) is 26.8 Å². The lowest BCUT2D eigenvalue weighted by Gasteiger charge is -2.14. The first kappa shape index (κ1) is 21.1. The van der Waals surface area contributed by atoms with Crippen LogP contribution in [0.3, 0.4) is 0 Å². The minimum atomic E-state index is -0.439. The van der Waals surface area contributed by atoms with Gasteiger partial charge in [0, 0.05) is 14.9 Å². The van der Waals surface area contributed by atoms with Gasteiger partial charge in [-0.2, -0.15) is 0 Å². The van der Waals surface area contributed by atoms with Gasteiger partial charge in [-0.05, 0) is 56.3 Å². The van der Waals surface area contributed by atoms with Crippen LogP contribution in [-0.4, -0.2) is 30.8 Å². The number of hydrogen-bond donors (Lipinski definition) is 2.